The maximum Gasteiger partial charge on any atom is 0.323 e. The Kier molecular flexibility index (Phi) is 1.82. The second kappa shape index (κ2) is 2.50. The lowest BCUT2D eigenvalue weighted by Gasteiger charge is -2.14. The fourth-order valence-electron chi connectivity index (χ4n) is 0.994. The van der Waals surface area contributed by atoms with Crippen molar-refractivity contribution in [3.63, 3.8) is 0 Å². The van der Waals surface area contributed by atoms with E-state index in [1.807, 2.05) is 0 Å². The van der Waals surface area contributed by atoms with Crippen LogP contribution >= 0.6 is 0 Å². The fourth-order valence-corrected chi connectivity index (χ4v) is 0.994. The monoisotopic (exact) mass is 160 g/mol. The van der Waals surface area contributed by atoms with Gasteiger partial charge in [0.1, 0.15) is 0 Å². The molecule has 0 atom stereocenters. The summed E-state index contributed by atoms with van der Waals surface area (Å²) in [5.41, 5.74) is -1.69. The first kappa shape index (κ1) is 8.00. The van der Waals surface area contributed by atoms with Crippen molar-refractivity contribution in [1.29, 1.82) is 0 Å². The molecule has 1 rings (SSSR count). The molecule has 11 heavy (non-hydrogen) atoms. The summed E-state index contributed by atoms with van der Waals surface area (Å²) in [5, 5.41) is 17.1. The van der Waals surface area contributed by atoms with Gasteiger partial charge in [0.2, 0.25) is 0 Å². The van der Waals surface area contributed by atoms with Gasteiger partial charge >= 0.3 is 11.9 Å². The third-order valence-electron chi connectivity index (χ3n) is 1.84. The first-order chi connectivity index (χ1) is 5.09. The van der Waals surface area contributed by atoms with Gasteiger partial charge in [-0.15, -0.1) is 0 Å². The van der Waals surface area contributed by atoms with Crippen LogP contribution in [-0.2, 0) is 14.3 Å². The van der Waals surface area contributed by atoms with E-state index >= 15 is 0 Å². The van der Waals surface area contributed by atoms with Gasteiger partial charge in [-0.25, -0.2) is 0 Å². The average molecular weight is 160 g/mol. The number of carboxylic acids is 2. The Morgan fingerprint density at radius 2 is 1.82 bits per heavy atom. The van der Waals surface area contributed by atoms with E-state index in [0.717, 1.165) is 0 Å². The second-order valence-electron chi connectivity index (χ2n) is 2.49. The Bertz CT molecular complexity index is 175. The van der Waals surface area contributed by atoms with Gasteiger partial charge in [0.25, 0.3) is 0 Å². The molecule has 2 N–H and O–H groups in total. The number of rotatable bonds is 2. The maximum absolute atomic E-state index is 10.5. The topological polar surface area (TPSA) is 83.8 Å². The molecule has 0 radical (unpaired) electrons. The lowest BCUT2D eigenvalue weighted by Crippen LogP contribution is -2.39. The van der Waals surface area contributed by atoms with Crippen molar-refractivity contribution in [3.8, 4) is 0 Å². The molecule has 1 aliphatic heterocycles. The highest BCUT2D eigenvalue weighted by Gasteiger charge is 2.49. The van der Waals surface area contributed by atoms with E-state index in [4.69, 9.17) is 14.9 Å². The van der Waals surface area contributed by atoms with Crippen LogP contribution in [0.4, 0.5) is 0 Å². The van der Waals surface area contributed by atoms with E-state index < -0.39 is 17.4 Å². The highest BCUT2D eigenvalue weighted by Crippen LogP contribution is 2.28. The normalized spacial score (nSPS) is 21.5. The van der Waals surface area contributed by atoms with Crippen LogP contribution in [0.3, 0.4) is 0 Å². The van der Waals surface area contributed by atoms with E-state index in [2.05, 4.69) is 0 Å². The zero-order valence-electron chi connectivity index (χ0n) is 5.74. The van der Waals surface area contributed by atoms with Crippen LogP contribution in [0.25, 0.3) is 0 Å². The Labute approximate surface area is 62.6 Å². The number of hydrogen-bond acceptors (Lipinski definition) is 3. The minimum atomic E-state index is -1.69. The summed E-state index contributed by atoms with van der Waals surface area (Å²) < 4.78 is 4.72. The number of carbonyl (C=O) groups is 2. The number of hydrogen-bond donors (Lipinski definition) is 2. The molecule has 0 unspecified atom stereocenters. The first-order valence-corrected chi connectivity index (χ1v) is 3.14. The van der Waals surface area contributed by atoms with Gasteiger partial charge in [-0.3, -0.25) is 9.59 Å². The summed E-state index contributed by atoms with van der Waals surface area (Å²) in [7, 11) is 0. The molecule has 5 nitrogen and oxygen atoms in total. The lowest BCUT2D eigenvalue weighted by atomic mass is 9.88. The lowest BCUT2D eigenvalue weighted by molar-refractivity contribution is -0.164. The zero-order valence-corrected chi connectivity index (χ0v) is 5.74. The number of aliphatic carboxylic acids is 2. The van der Waals surface area contributed by atoms with Gasteiger partial charge in [0, 0.05) is 6.61 Å². The van der Waals surface area contributed by atoms with Crippen LogP contribution in [0, 0.1) is 5.41 Å². The van der Waals surface area contributed by atoms with Gasteiger partial charge in [0.15, 0.2) is 5.41 Å². The summed E-state index contributed by atoms with van der Waals surface area (Å²) in [6, 6.07) is 0. The third-order valence-corrected chi connectivity index (χ3v) is 1.84. The van der Waals surface area contributed by atoms with Crippen LogP contribution in [-0.4, -0.2) is 35.4 Å². The predicted octanol–water partition coefficient (Wildman–Crippen LogP) is -0.438. The van der Waals surface area contributed by atoms with E-state index in [1.165, 1.54) is 0 Å². The molecule has 1 aliphatic rings. The van der Waals surface area contributed by atoms with Gasteiger partial charge in [0.05, 0.1) is 6.61 Å². The quantitative estimate of drug-likeness (QED) is 0.535. The highest BCUT2D eigenvalue weighted by atomic mass is 16.5. The van der Waals surface area contributed by atoms with Crippen LogP contribution < -0.4 is 0 Å². The summed E-state index contributed by atoms with van der Waals surface area (Å²) in [6.07, 6.45) is 0.0532. The summed E-state index contributed by atoms with van der Waals surface area (Å²) in [4.78, 5) is 21.0. The summed E-state index contributed by atoms with van der Waals surface area (Å²) in [5.74, 6) is -2.63. The standard InChI is InChI=1S/C6H8O5/c7-4(8)6(5(9)10)1-2-11-3-6/h1-3H2,(H,7,8)(H,9,10). The average Bonchev–Trinajstić information content (AvgIpc) is 2.34. The molecule has 0 saturated carbocycles. The zero-order chi connectivity index (χ0) is 8.48. The Hall–Kier alpha value is -1.10. The largest absolute Gasteiger partial charge is 0.480 e. The summed E-state index contributed by atoms with van der Waals surface area (Å²) in [6.45, 7) is -0.0176. The Morgan fingerprint density at radius 1 is 1.27 bits per heavy atom. The van der Waals surface area contributed by atoms with E-state index in [0.29, 0.717) is 0 Å². The second-order valence-corrected chi connectivity index (χ2v) is 2.49. The molecule has 0 bridgehead atoms. The number of carboxylic acid groups (broad SMARTS) is 2. The molecule has 1 fully saturated rings. The van der Waals surface area contributed by atoms with E-state index in [9.17, 15) is 9.59 Å². The van der Waals surface area contributed by atoms with Crippen LogP contribution in [0.1, 0.15) is 6.42 Å². The van der Waals surface area contributed by atoms with Crippen molar-refractivity contribution in [2.24, 2.45) is 5.41 Å². The van der Waals surface area contributed by atoms with E-state index in [1.54, 1.807) is 0 Å². The Balaban J connectivity index is 2.87. The van der Waals surface area contributed by atoms with Crippen molar-refractivity contribution in [3.05, 3.63) is 0 Å². The number of ether oxygens (including phenoxy) is 1. The molecule has 0 spiro atoms. The van der Waals surface area contributed by atoms with Crippen molar-refractivity contribution < 1.29 is 24.5 Å². The van der Waals surface area contributed by atoms with E-state index in [-0.39, 0.29) is 19.6 Å². The predicted molar refractivity (Wildman–Crippen MR) is 33.1 cm³/mol. The van der Waals surface area contributed by atoms with Crippen molar-refractivity contribution in [2.75, 3.05) is 13.2 Å². The van der Waals surface area contributed by atoms with Crippen molar-refractivity contribution >= 4 is 11.9 Å². The molecular formula is C6H8O5. The molecule has 0 aromatic carbocycles. The molecular weight excluding hydrogens is 152 g/mol. The van der Waals surface area contributed by atoms with Crippen molar-refractivity contribution in [1.82, 2.24) is 0 Å². The van der Waals surface area contributed by atoms with Gasteiger partial charge in [-0.05, 0) is 6.42 Å². The molecule has 1 heterocycles. The molecule has 0 amide bonds. The third kappa shape index (κ3) is 1.07. The molecule has 0 aromatic rings. The maximum atomic E-state index is 10.5. The molecule has 62 valence electrons. The fraction of sp³-hybridized carbons (Fsp3) is 0.667. The molecule has 0 aliphatic carbocycles. The minimum absolute atomic E-state index is 0.0532. The molecule has 5 heteroatoms. The van der Waals surface area contributed by atoms with Crippen LogP contribution in [0.15, 0.2) is 0 Å². The molecule has 0 aromatic heterocycles. The Morgan fingerprint density at radius 3 is 2.00 bits per heavy atom. The smallest absolute Gasteiger partial charge is 0.323 e. The highest BCUT2D eigenvalue weighted by molar-refractivity contribution is 5.98. The molecule has 1 saturated heterocycles. The SMILES string of the molecule is O=C(O)C1(C(=O)O)CCOC1. The minimum Gasteiger partial charge on any atom is -0.480 e. The van der Waals surface area contributed by atoms with Crippen LogP contribution in [0.2, 0.25) is 0 Å². The van der Waals surface area contributed by atoms with Gasteiger partial charge < -0.3 is 14.9 Å². The van der Waals surface area contributed by atoms with Gasteiger partial charge in [-0.2, -0.15) is 0 Å². The van der Waals surface area contributed by atoms with Crippen molar-refractivity contribution in [2.45, 2.75) is 6.42 Å². The first-order valence-electron chi connectivity index (χ1n) is 3.14. The summed E-state index contributed by atoms with van der Waals surface area (Å²) >= 11 is 0. The van der Waals surface area contributed by atoms with Gasteiger partial charge in [-0.1, -0.05) is 0 Å². The van der Waals surface area contributed by atoms with Crippen LogP contribution in [0.5, 0.6) is 0 Å².